The lowest BCUT2D eigenvalue weighted by Gasteiger charge is -2.13. The average Bonchev–Trinajstić information content (AvgIpc) is 2.92. The highest BCUT2D eigenvalue weighted by Crippen LogP contribution is 2.28. The average molecular weight is 276 g/mol. The second-order valence-corrected chi connectivity index (χ2v) is 4.12. The smallest absolute Gasteiger partial charge is 0.291 e. The van der Waals surface area contributed by atoms with Crippen molar-refractivity contribution in [2.75, 3.05) is 12.4 Å². The molecular weight excluding hydrogens is 264 g/mol. The molecule has 1 aromatic carbocycles. The first-order valence-corrected chi connectivity index (χ1v) is 5.86. The van der Waals surface area contributed by atoms with Crippen LogP contribution in [0.5, 0.6) is 5.75 Å². The van der Waals surface area contributed by atoms with Gasteiger partial charge < -0.3 is 20.2 Å². The van der Waals surface area contributed by atoms with Crippen molar-refractivity contribution in [2.45, 2.75) is 0 Å². The Morgan fingerprint density at radius 3 is 2.74 bits per heavy atom. The van der Waals surface area contributed by atoms with Crippen molar-refractivity contribution in [3.05, 3.63) is 47.9 Å². The van der Waals surface area contributed by atoms with E-state index in [2.05, 4.69) is 5.32 Å². The van der Waals surface area contributed by atoms with Crippen LogP contribution in [0.15, 0.2) is 41.0 Å². The van der Waals surface area contributed by atoms with E-state index >= 15 is 0 Å². The summed E-state index contributed by atoms with van der Waals surface area (Å²) in [6.45, 7) is 0. The fourth-order valence-electron chi connectivity index (χ4n) is 1.62. The molecule has 0 spiro atoms. The van der Waals surface area contributed by atoms with Gasteiger partial charge in [0, 0.05) is 5.56 Å². The van der Waals surface area contributed by atoms with E-state index in [0.29, 0.717) is 17.0 Å². The minimum Gasteiger partial charge on any atom is -0.495 e. The normalized spacial score (nSPS) is 9.95. The predicted octanol–water partition coefficient (Wildman–Crippen LogP) is 2.17. The molecule has 6 heteroatoms. The van der Waals surface area contributed by atoms with E-state index < -0.39 is 5.91 Å². The number of benzene rings is 1. The molecule has 0 unspecified atom stereocenters. The number of thiocarbonyl (C=S) groups is 1. The number of methoxy groups -OCH3 is 1. The minimum absolute atomic E-state index is 0.175. The van der Waals surface area contributed by atoms with E-state index in [9.17, 15) is 4.79 Å². The van der Waals surface area contributed by atoms with Gasteiger partial charge in [0.05, 0.1) is 19.1 Å². The van der Waals surface area contributed by atoms with Crippen molar-refractivity contribution >= 4 is 28.8 Å². The van der Waals surface area contributed by atoms with Gasteiger partial charge in [-0.15, -0.1) is 0 Å². The third-order valence-corrected chi connectivity index (χ3v) is 2.72. The number of anilines is 1. The van der Waals surface area contributed by atoms with Crippen LogP contribution in [-0.4, -0.2) is 18.0 Å². The molecule has 0 aliphatic rings. The number of furan rings is 1. The largest absolute Gasteiger partial charge is 0.495 e. The van der Waals surface area contributed by atoms with Gasteiger partial charge >= 0.3 is 0 Å². The second kappa shape index (κ2) is 5.53. The molecule has 0 radical (unpaired) electrons. The van der Waals surface area contributed by atoms with Crippen molar-refractivity contribution in [2.24, 2.45) is 5.73 Å². The molecule has 19 heavy (non-hydrogen) atoms. The number of hydrogen-bond donors (Lipinski definition) is 2. The number of carbonyl (C=O) groups is 1. The first-order chi connectivity index (χ1) is 9.13. The van der Waals surface area contributed by atoms with Gasteiger partial charge in [-0.05, 0) is 24.3 Å². The van der Waals surface area contributed by atoms with E-state index in [1.807, 2.05) is 0 Å². The number of nitrogens with two attached hydrogens (primary N) is 1. The molecule has 0 atom stereocenters. The Bertz CT molecular complexity index is 608. The minimum atomic E-state index is -0.396. The summed E-state index contributed by atoms with van der Waals surface area (Å²) in [6.07, 6.45) is 1.42. The molecule has 0 saturated carbocycles. The molecule has 0 aliphatic carbocycles. The topological polar surface area (TPSA) is 77.5 Å². The summed E-state index contributed by atoms with van der Waals surface area (Å²) in [5.41, 5.74) is 6.60. The van der Waals surface area contributed by atoms with Gasteiger partial charge in [0.15, 0.2) is 5.76 Å². The first-order valence-electron chi connectivity index (χ1n) is 5.45. The second-order valence-electron chi connectivity index (χ2n) is 3.68. The summed E-state index contributed by atoms with van der Waals surface area (Å²) in [4.78, 5) is 12.1. The Hall–Kier alpha value is -2.34. The maximum Gasteiger partial charge on any atom is 0.291 e. The number of hydrogen-bond acceptors (Lipinski definition) is 4. The summed E-state index contributed by atoms with van der Waals surface area (Å²) < 4.78 is 10.2. The van der Waals surface area contributed by atoms with Crippen LogP contribution >= 0.6 is 12.2 Å². The van der Waals surface area contributed by atoms with E-state index in [-0.39, 0.29) is 10.7 Å². The molecule has 1 amide bonds. The Kier molecular flexibility index (Phi) is 3.82. The summed E-state index contributed by atoms with van der Waals surface area (Å²) in [7, 11) is 1.50. The number of rotatable bonds is 4. The zero-order valence-corrected chi connectivity index (χ0v) is 11.0. The lowest BCUT2D eigenvalue weighted by atomic mass is 10.1. The first kappa shape index (κ1) is 13.1. The molecule has 1 aromatic heterocycles. The predicted molar refractivity (Wildman–Crippen MR) is 75.5 cm³/mol. The number of nitrogens with one attached hydrogen (secondary N) is 1. The fraction of sp³-hybridized carbons (Fsp3) is 0.0769. The molecule has 3 N–H and O–H groups in total. The lowest BCUT2D eigenvalue weighted by Crippen LogP contribution is -2.18. The van der Waals surface area contributed by atoms with Crippen LogP contribution in [0.25, 0.3) is 0 Å². The highest BCUT2D eigenvalue weighted by atomic mass is 32.1. The van der Waals surface area contributed by atoms with Gasteiger partial charge in [-0.2, -0.15) is 0 Å². The van der Waals surface area contributed by atoms with Crippen molar-refractivity contribution in [3.8, 4) is 5.75 Å². The molecule has 1 heterocycles. The Morgan fingerprint density at radius 2 is 2.16 bits per heavy atom. The van der Waals surface area contributed by atoms with Crippen LogP contribution in [0.3, 0.4) is 0 Å². The van der Waals surface area contributed by atoms with Crippen molar-refractivity contribution < 1.29 is 13.9 Å². The highest BCUT2D eigenvalue weighted by Gasteiger charge is 2.16. The maximum atomic E-state index is 12.0. The van der Waals surface area contributed by atoms with Crippen molar-refractivity contribution in [1.29, 1.82) is 0 Å². The molecule has 2 aromatic rings. The van der Waals surface area contributed by atoms with Crippen LogP contribution in [0.2, 0.25) is 0 Å². The van der Waals surface area contributed by atoms with Crippen LogP contribution in [0.1, 0.15) is 16.1 Å². The Morgan fingerprint density at radius 1 is 1.37 bits per heavy atom. The van der Waals surface area contributed by atoms with Gasteiger partial charge in [0.25, 0.3) is 5.91 Å². The number of para-hydroxylation sites is 1. The number of carbonyl (C=O) groups excluding carboxylic acids is 1. The monoisotopic (exact) mass is 276 g/mol. The van der Waals surface area contributed by atoms with E-state index in [1.54, 1.807) is 30.3 Å². The summed E-state index contributed by atoms with van der Waals surface area (Å²) >= 11 is 4.96. The van der Waals surface area contributed by atoms with Crippen molar-refractivity contribution in [3.63, 3.8) is 0 Å². The quantitative estimate of drug-likeness (QED) is 0.837. The number of ether oxygens (including phenoxy) is 1. The SMILES string of the molecule is COc1cccc(C(N)=S)c1NC(=O)c1ccco1. The summed E-state index contributed by atoms with van der Waals surface area (Å²) in [6, 6.07) is 8.36. The fourth-order valence-corrected chi connectivity index (χ4v) is 1.79. The molecular formula is C13H12N2O3S. The molecule has 2 rings (SSSR count). The van der Waals surface area contributed by atoms with Gasteiger partial charge in [-0.25, -0.2) is 0 Å². The molecule has 0 fully saturated rings. The molecule has 0 aliphatic heterocycles. The van der Waals surface area contributed by atoms with E-state index in [0.717, 1.165) is 0 Å². The number of amides is 1. The van der Waals surface area contributed by atoms with Gasteiger partial charge in [-0.3, -0.25) is 4.79 Å². The molecule has 0 saturated heterocycles. The molecule has 98 valence electrons. The van der Waals surface area contributed by atoms with Crippen LogP contribution in [-0.2, 0) is 0 Å². The van der Waals surface area contributed by atoms with Gasteiger partial charge in [0.2, 0.25) is 0 Å². The van der Waals surface area contributed by atoms with Crippen molar-refractivity contribution in [1.82, 2.24) is 0 Å². The van der Waals surface area contributed by atoms with Crippen LogP contribution in [0, 0.1) is 0 Å². The van der Waals surface area contributed by atoms with Crippen LogP contribution in [0.4, 0.5) is 5.69 Å². The zero-order valence-electron chi connectivity index (χ0n) is 10.2. The molecule has 0 bridgehead atoms. The van der Waals surface area contributed by atoms with Gasteiger partial charge in [0.1, 0.15) is 10.7 Å². The third-order valence-electron chi connectivity index (χ3n) is 2.50. The summed E-state index contributed by atoms with van der Waals surface area (Å²) in [5, 5.41) is 2.69. The standard InChI is InChI=1S/C13H12N2O3S/c1-17-9-5-2-4-8(12(14)19)11(9)15-13(16)10-6-3-7-18-10/h2-7H,1H3,(H2,14,19)(H,15,16). The zero-order chi connectivity index (χ0) is 13.8. The van der Waals surface area contributed by atoms with E-state index in [1.165, 1.54) is 13.4 Å². The lowest BCUT2D eigenvalue weighted by molar-refractivity contribution is 0.0996. The molecule has 5 nitrogen and oxygen atoms in total. The third kappa shape index (κ3) is 2.74. The summed E-state index contributed by atoms with van der Waals surface area (Å²) in [5.74, 6) is 0.275. The highest BCUT2D eigenvalue weighted by molar-refractivity contribution is 7.80. The Balaban J connectivity index is 2.38. The van der Waals surface area contributed by atoms with Crippen LogP contribution < -0.4 is 15.8 Å². The Labute approximate surface area is 115 Å². The maximum absolute atomic E-state index is 12.0. The van der Waals surface area contributed by atoms with Gasteiger partial charge in [-0.1, -0.05) is 18.3 Å². The van der Waals surface area contributed by atoms with E-state index in [4.69, 9.17) is 27.1 Å².